The summed E-state index contributed by atoms with van der Waals surface area (Å²) in [5.41, 5.74) is 9.07. The number of pyridine rings is 1. The fourth-order valence-corrected chi connectivity index (χ4v) is 0.954. The Hall–Kier alpha value is -2.05. The number of aromatic nitrogens is 1. The van der Waals surface area contributed by atoms with Crippen LogP contribution < -0.4 is 0 Å². The first-order chi connectivity index (χ1) is 7.25. The van der Waals surface area contributed by atoms with Crippen LogP contribution in [-0.2, 0) is 0 Å². The molecule has 0 atom stereocenters. The second-order valence-electron chi connectivity index (χ2n) is 2.78. The average Bonchev–Trinajstić information content (AvgIpc) is 2.24. The van der Waals surface area contributed by atoms with E-state index < -0.39 is 5.95 Å². The average molecular weight is 204 g/mol. The minimum atomic E-state index is -0.503. The Morgan fingerprint density at radius 2 is 2.47 bits per heavy atom. The highest BCUT2D eigenvalue weighted by Gasteiger charge is 2.00. The number of hydrogen-bond donors (Lipinski definition) is 0. The smallest absolute Gasteiger partial charge is 0.216 e. The van der Waals surface area contributed by atoms with Crippen LogP contribution in [0.25, 0.3) is 10.4 Å². The van der Waals surface area contributed by atoms with Gasteiger partial charge in [-0.2, -0.15) is 4.39 Å². The van der Waals surface area contributed by atoms with Crippen molar-refractivity contribution < 1.29 is 4.39 Å². The molecule has 0 spiro atoms. The first kappa shape index (κ1) is 11.0. The Kier molecular flexibility index (Phi) is 4.14. The lowest BCUT2D eigenvalue weighted by atomic mass is 10.1. The molecule has 1 aromatic rings. The standard InChI is InChI=1S/C10H9FN4/c1-8-9(5-7-13-10(8)11)4-2-3-6-14-15-12/h5,7H,3,6H2,1H3. The maximum atomic E-state index is 13.0. The molecular formula is C10H9FN4. The van der Waals surface area contributed by atoms with Gasteiger partial charge in [0.1, 0.15) is 0 Å². The van der Waals surface area contributed by atoms with Gasteiger partial charge in [-0.15, -0.1) is 0 Å². The van der Waals surface area contributed by atoms with Gasteiger partial charge in [-0.3, -0.25) is 0 Å². The van der Waals surface area contributed by atoms with Gasteiger partial charge in [0, 0.05) is 35.2 Å². The Bertz CT molecular complexity index is 452. The molecule has 0 aromatic carbocycles. The van der Waals surface area contributed by atoms with Crippen LogP contribution in [0.1, 0.15) is 17.5 Å². The number of nitrogens with zero attached hydrogens (tertiary/aromatic N) is 4. The molecule has 1 heterocycles. The Morgan fingerprint density at radius 1 is 1.67 bits per heavy atom. The molecule has 0 aliphatic rings. The molecule has 0 N–H and O–H groups in total. The van der Waals surface area contributed by atoms with Gasteiger partial charge in [0.25, 0.3) is 0 Å². The summed E-state index contributed by atoms with van der Waals surface area (Å²) in [6.07, 6.45) is 1.84. The van der Waals surface area contributed by atoms with Crippen molar-refractivity contribution in [2.75, 3.05) is 6.54 Å². The summed E-state index contributed by atoms with van der Waals surface area (Å²) in [4.78, 5) is 6.10. The van der Waals surface area contributed by atoms with Crippen LogP contribution in [0.3, 0.4) is 0 Å². The molecule has 1 rings (SSSR count). The van der Waals surface area contributed by atoms with Crippen LogP contribution in [0.2, 0.25) is 0 Å². The number of halogens is 1. The van der Waals surface area contributed by atoms with E-state index in [1.807, 2.05) is 0 Å². The Labute approximate surface area is 86.8 Å². The molecule has 0 bridgehead atoms. The molecular weight excluding hydrogens is 195 g/mol. The molecule has 1 aromatic heterocycles. The van der Waals surface area contributed by atoms with Crippen molar-refractivity contribution in [3.8, 4) is 11.8 Å². The largest absolute Gasteiger partial charge is 0.228 e. The maximum Gasteiger partial charge on any atom is 0.216 e. The van der Waals surface area contributed by atoms with Crippen molar-refractivity contribution >= 4 is 0 Å². The van der Waals surface area contributed by atoms with E-state index in [0.29, 0.717) is 24.1 Å². The molecule has 0 amide bonds. The van der Waals surface area contributed by atoms with Crippen LogP contribution >= 0.6 is 0 Å². The molecule has 0 saturated heterocycles. The highest BCUT2D eigenvalue weighted by Crippen LogP contribution is 2.07. The summed E-state index contributed by atoms with van der Waals surface area (Å²) in [5.74, 6) is 5.09. The summed E-state index contributed by atoms with van der Waals surface area (Å²) in [6.45, 7) is 1.95. The summed E-state index contributed by atoms with van der Waals surface area (Å²) in [5, 5.41) is 3.33. The molecule has 0 aliphatic carbocycles. The van der Waals surface area contributed by atoms with Crippen LogP contribution in [0, 0.1) is 24.7 Å². The quantitative estimate of drug-likeness (QED) is 0.182. The summed E-state index contributed by atoms with van der Waals surface area (Å²) in [7, 11) is 0. The van der Waals surface area contributed by atoms with Crippen molar-refractivity contribution in [3.05, 3.63) is 39.8 Å². The van der Waals surface area contributed by atoms with Crippen LogP contribution in [0.15, 0.2) is 17.4 Å². The lowest BCUT2D eigenvalue weighted by Crippen LogP contribution is -1.91. The highest BCUT2D eigenvalue weighted by molar-refractivity contribution is 5.39. The first-order valence-electron chi connectivity index (χ1n) is 4.36. The topological polar surface area (TPSA) is 61.7 Å². The van der Waals surface area contributed by atoms with Gasteiger partial charge in [-0.25, -0.2) is 4.98 Å². The SMILES string of the molecule is Cc1c(C#CCCN=[N+]=[N-])ccnc1F. The monoisotopic (exact) mass is 204 g/mol. The van der Waals surface area contributed by atoms with E-state index in [-0.39, 0.29) is 0 Å². The minimum Gasteiger partial charge on any atom is -0.228 e. The minimum absolute atomic E-state index is 0.329. The normalized spacial score (nSPS) is 8.67. The second kappa shape index (κ2) is 5.63. The zero-order valence-electron chi connectivity index (χ0n) is 8.24. The van der Waals surface area contributed by atoms with Crippen LogP contribution in [-0.4, -0.2) is 11.5 Å². The summed E-state index contributed by atoms with van der Waals surface area (Å²) < 4.78 is 13.0. The van der Waals surface area contributed by atoms with Gasteiger partial charge in [0.2, 0.25) is 5.95 Å². The van der Waals surface area contributed by atoms with Gasteiger partial charge in [-0.1, -0.05) is 17.0 Å². The Morgan fingerprint density at radius 3 is 3.20 bits per heavy atom. The third-order valence-electron chi connectivity index (χ3n) is 1.77. The zero-order valence-corrected chi connectivity index (χ0v) is 8.24. The van der Waals surface area contributed by atoms with Crippen molar-refractivity contribution in [2.45, 2.75) is 13.3 Å². The molecule has 15 heavy (non-hydrogen) atoms. The molecule has 5 heteroatoms. The van der Waals surface area contributed by atoms with Gasteiger partial charge in [-0.05, 0) is 18.5 Å². The van der Waals surface area contributed by atoms with E-state index in [0.717, 1.165) is 0 Å². The third kappa shape index (κ3) is 3.29. The predicted octanol–water partition coefficient (Wildman–Crippen LogP) is 2.58. The predicted molar refractivity (Wildman–Crippen MR) is 54.4 cm³/mol. The highest BCUT2D eigenvalue weighted by atomic mass is 19.1. The maximum absolute atomic E-state index is 13.0. The van der Waals surface area contributed by atoms with Crippen molar-refractivity contribution in [1.82, 2.24) is 4.98 Å². The number of hydrogen-bond acceptors (Lipinski definition) is 2. The molecule has 0 radical (unpaired) electrons. The summed E-state index contributed by atoms with van der Waals surface area (Å²) in [6, 6.07) is 1.65. The van der Waals surface area contributed by atoms with E-state index >= 15 is 0 Å². The van der Waals surface area contributed by atoms with E-state index in [1.165, 1.54) is 6.20 Å². The van der Waals surface area contributed by atoms with Gasteiger partial charge < -0.3 is 0 Å². The van der Waals surface area contributed by atoms with Gasteiger partial charge in [0.05, 0.1) is 0 Å². The lowest BCUT2D eigenvalue weighted by molar-refractivity contribution is 0.574. The van der Waals surface area contributed by atoms with Crippen molar-refractivity contribution in [3.63, 3.8) is 0 Å². The van der Waals surface area contributed by atoms with Crippen LogP contribution in [0.4, 0.5) is 4.39 Å². The molecule has 0 fully saturated rings. The first-order valence-corrected chi connectivity index (χ1v) is 4.36. The lowest BCUT2D eigenvalue weighted by Gasteiger charge is -1.96. The van der Waals surface area contributed by atoms with Crippen LogP contribution in [0.5, 0.6) is 0 Å². The van der Waals surface area contributed by atoms with Crippen molar-refractivity contribution in [1.29, 1.82) is 0 Å². The van der Waals surface area contributed by atoms with Crippen molar-refractivity contribution in [2.24, 2.45) is 5.11 Å². The molecule has 0 aliphatic heterocycles. The molecule has 4 nitrogen and oxygen atoms in total. The van der Waals surface area contributed by atoms with E-state index in [9.17, 15) is 4.39 Å². The van der Waals surface area contributed by atoms with Gasteiger partial charge in [0.15, 0.2) is 0 Å². The van der Waals surface area contributed by atoms with E-state index in [2.05, 4.69) is 26.9 Å². The number of rotatable bonds is 2. The van der Waals surface area contributed by atoms with Gasteiger partial charge >= 0.3 is 0 Å². The fourth-order valence-electron chi connectivity index (χ4n) is 0.954. The molecule has 0 unspecified atom stereocenters. The summed E-state index contributed by atoms with van der Waals surface area (Å²) >= 11 is 0. The number of azide groups is 1. The fraction of sp³-hybridized carbons (Fsp3) is 0.300. The van der Waals surface area contributed by atoms with E-state index in [1.54, 1.807) is 13.0 Å². The Balaban J connectivity index is 2.71. The molecule has 76 valence electrons. The zero-order chi connectivity index (χ0) is 11.1. The molecule has 0 saturated carbocycles. The second-order valence-corrected chi connectivity index (χ2v) is 2.78. The van der Waals surface area contributed by atoms with E-state index in [4.69, 9.17) is 5.53 Å². The third-order valence-corrected chi connectivity index (χ3v) is 1.77.